The van der Waals surface area contributed by atoms with E-state index in [-0.39, 0.29) is 0 Å². The Bertz CT molecular complexity index is 471. The van der Waals surface area contributed by atoms with Crippen molar-refractivity contribution in [1.82, 2.24) is 15.0 Å². The highest BCUT2D eigenvalue weighted by Gasteiger charge is 2.03. The Morgan fingerprint density at radius 3 is 2.12 bits per heavy atom. The van der Waals surface area contributed by atoms with Crippen LogP contribution in [0.2, 0.25) is 0 Å². The molecule has 0 unspecified atom stereocenters. The summed E-state index contributed by atoms with van der Waals surface area (Å²) >= 11 is 0. The van der Waals surface area contributed by atoms with Crippen molar-refractivity contribution in [2.24, 2.45) is 5.73 Å². The number of aromatic nitrogens is 3. The van der Waals surface area contributed by atoms with Crippen LogP contribution in [0.1, 0.15) is 17.0 Å². The Labute approximate surface area is 94.6 Å². The van der Waals surface area contributed by atoms with Gasteiger partial charge in [0.05, 0.1) is 0 Å². The van der Waals surface area contributed by atoms with E-state index in [1.54, 1.807) is 12.4 Å². The molecule has 0 bridgehead atoms. The first-order valence-corrected chi connectivity index (χ1v) is 5.15. The molecule has 2 N–H and O–H groups in total. The number of nitrogens with zero attached hydrogens (tertiary/aromatic N) is 3. The van der Waals surface area contributed by atoms with Gasteiger partial charge in [-0.05, 0) is 26.0 Å². The molecule has 4 nitrogen and oxygen atoms in total. The molecule has 16 heavy (non-hydrogen) atoms. The molecule has 0 saturated heterocycles. The standard InChI is InChI=1S/C12H14N4/c1-8-3-11(4-9(2)16-8)12-14-6-10(5-13)7-15-12/h3-4,6-7H,5,13H2,1-2H3. The lowest BCUT2D eigenvalue weighted by Gasteiger charge is -2.03. The summed E-state index contributed by atoms with van der Waals surface area (Å²) in [5.41, 5.74) is 9.37. The molecule has 0 amide bonds. The summed E-state index contributed by atoms with van der Waals surface area (Å²) in [6.07, 6.45) is 3.51. The van der Waals surface area contributed by atoms with Gasteiger partial charge in [0.15, 0.2) is 5.82 Å². The quantitative estimate of drug-likeness (QED) is 0.825. The molecule has 0 saturated carbocycles. The highest BCUT2D eigenvalue weighted by atomic mass is 14.9. The first-order valence-electron chi connectivity index (χ1n) is 5.15. The normalized spacial score (nSPS) is 10.4. The highest BCUT2D eigenvalue weighted by molar-refractivity contribution is 5.55. The zero-order valence-electron chi connectivity index (χ0n) is 9.44. The molecule has 2 rings (SSSR count). The third-order valence-corrected chi connectivity index (χ3v) is 2.28. The van der Waals surface area contributed by atoms with Gasteiger partial charge in [0.25, 0.3) is 0 Å². The van der Waals surface area contributed by atoms with Crippen LogP contribution >= 0.6 is 0 Å². The Morgan fingerprint density at radius 1 is 1.06 bits per heavy atom. The molecule has 0 fully saturated rings. The molecule has 0 radical (unpaired) electrons. The van der Waals surface area contributed by atoms with Gasteiger partial charge in [-0.25, -0.2) is 9.97 Å². The maximum atomic E-state index is 5.50. The average molecular weight is 214 g/mol. The monoisotopic (exact) mass is 214 g/mol. The summed E-state index contributed by atoms with van der Waals surface area (Å²) in [4.78, 5) is 12.9. The maximum Gasteiger partial charge on any atom is 0.159 e. The number of rotatable bonds is 2. The van der Waals surface area contributed by atoms with Crippen molar-refractivity contribution in [2.75, 3.05) is 0 Å². The van der Waals surface area contributed by atoms with Gasteiger partial charge in [0, 0.05) is 41.5 Å². The molecule has 2 heterocycles. The van der Waals surface area contributed by atoms with Crippen LogP contribution < -0.4 is 5.73 Å². The topological polar surface area (TPSA) is 64.7 Å². The van der Waals surface area contributed by atoms with Crippen molar-refractivity contribution in [3.05, 3.63) is 41.5 Å². The van der Waals surface area contributed by atoms with Crippen molar-refractivity contribution in [3.63, 3.8) is 0 Å². The number of pyridine rings is 1. The van der Waals surface area contributed by atoms with Crippen LogP contribution in [0.15, 0.2) is 24.5 Å². The SMILES string of the molecule is Cc1cc(-c2ncc(CN)cn2)cc(C)n1. The van der Waals surface area contributed by atoms with Gasteiger partial charge >= 0.3 is 0 Å². The number of hydrogen-bond donors (Lipinski definition) is 1. The fourth-order valence-corrected chi connectivity index (χ4v) is 1.57. The fraction of sp³-hybridized carbons (Fsp3) is 0.250. The fourth-order valence-electron chi connectivity index (χ4n) is 1.57. The van der Waals surface area contributed by atoms with Crippen molar-refractivity contribution < 1.29 is 0 Å². The molecule has 4 heteroatoms. The Hall–Kier alpha value is -1.81. The van der Waals surface area contributed by atoms with E-state index in [0.29, 0.717) is 12.4 Å². The molecule has 0 atom stereocenters. The zero-order valence-corrected chi connectivity index (χ0v) is 9.44. The molecule has 0 aliphatic carbocycles. The van der Waals surface area contributed by atoms with Crippen LogP contribution in [0.5, 0.6) is 0 Å². The van der Waals surface area contributed by atoms with Crippen molar-refractivity contribution in [3.8, 4) is 11.4 Å². The minimum absolute atomic E-state index is 0.467. The molecule has 2 aromatic heterocycles. The first kappa shape index (κ1) is 10.7. The second-order valence-corrected chi connectivity index (χ2v) is 3.76. The average Bonchev–Trinajstić information content (AvgIpc) is 2.28. The minimum Gasteiger partial charge on any atom is -0.326 e. The van der Waals surface area contributed by atoms with Gasteiger partial charge in [-0.15, -0.1) is 0 Å². The van der Waals surface area contributed by atoms with Crippen LogP contribution in [-0.2, 0) is 6.54 Å². The van der Waals surface area contributed by atoms with E-state index in [1.807, 2.05) is 26.0 Å². The van der Waals surface area contributed by atoms with Crippen molar-refractivity contribution >= 4 is 0 Å². The van der Waals surface area contributed by atoms with E-state index < -0.39 is 0 Å². The second kappa shape index (κ2) is 4.37. The smallest absolute Gasteiger partial charge is 0.159 e. The van der Waals surface area contributed by atoms with Gasteiger partial charge in [-0.3, -0.25) is 4.98 Å². The van der Waals surface area contributed by atoms with Crippen LogP contribution in [0.3, 0.4) is 0 Å². The Morgan fingerprint density at radius 2 is 1.62 bits per heavy atom. The molecular weight excluding hydrogens is 200 g/mol. The third kappa shape index (κ3) is 2.23. The third-order valence-electron chi connectivity index (χ3n) is 2.28. The van der Waals surface area contributed by atoms with E-state index in [1.165, 1.54) is 0 Å². The van der Waals surface area contributed by atoms with Crippen molar-refractivity contribution in [1.29, 1.82) is 0 Å². The van der Waals surface area contributed by atoms with Crippen LogP contribution in [0, 0.1) is 13.8 Å². The first-order chi connectivity index (χ1) is 7.69. The van der Waals surface area contributed by atoms with E-state index in [2.05, 4.69) is 15.0 Å². The van der Waals surface area contributed by atoms with Gasteiger partial charge < -0.3 is 5.73 Å². The molecule has 0 spiro atoms. The van der Waals surface area contributed by atoms with Crippen LogP contribution in [0.25, 0.3) is 11.4 Å². The molecule has 0 aliphatic rings. The second-order valence-electron chi connectivity index (χ2n) is 3.76. The van der Waals surface area contributed by atoms with Crippen molar-refractivity contribution in [2.45, 2.75) is 20.4 Å². The number of nitrogens with two attached hydrogens (primary N) is 1. The number of aryl methyl sites for hydroxylation is 2. The van der Waals surface area contributed by atoms with E-state index >= 15 is 0 Å². The Balaban J connectivity index is 2.42. The molecular formula is C12H14N4. The Kier molecular flexibility index (Phi) is 2.92. The zero-order chi connectivity index (χ0) is 11.5. The lowest BCUT2D eigenvalue weighted by molar-refractivity contribution is 1.01. The van der Waals surface area contributed by atoms with Crippen LogP contribution in [0.4, 0.5) is 0 Å². The van der Waals surface area contributed by atoms with Gasteiger partial charge in [0.1, 0.15) is 0 Å². The molecule has 0 aliphatic heterocycles. The summed E-state index contributed by atoms with van der Waals surface area (Å²) in [7, 11) is 0. The summed E-state index contributed by atoms with van der Waals surface area (Å²) in [6.45, 7) is 4.39. The largest absolute Gasteiger partial charge is 0.326 e. The maximum absolute atomic E-state index is 5.50. The summed E-state index contributed by atoms with van der Waals surface area (Å²) in [5.74, 6) is 0.714. The van der Waals surface area contributed by atoms with E-state index in [4.69, 9.17) is 5.73 Å². The van der Waals surface area contributed by atoms with E-state index in [0.717, 1.165) is 22.5 Å². The minimum atomic E-state index is 0.467. The summed E-state index contributed by atoms with van der Waals surface area (Å²) < 4.78 is 0. The molecule has 0 aromatic carbocycles. The molecule has 82 valence electrons. The van der Waals surface area contributed by atoms with Gasteiger partial charge in [-0.1, -0.05) is 0 Å². The van der Waals surface area contributed by atoms with Gasteiger partial charge in [-0.2, -0.15) is 0 Å². The highest BCUT2D eigenvalue weighted by Crippen LogP contribution is 2.16. The van der Waals surface area contributed by atoms with Crippen LogP contribution in [-0.4, -0.2) is 15.0 Å². The summed E-state index contributed by atoms with van der Waals surface area (Å²) in [5, 5.41) is 0. The van der Waals surface area contributed by atoms with E-state index in [9.17, 15) is 0 Å². The summed E-state index contributed by atoms with van der Waals surface area (Å²) in [6, 6.07) is 3.95. The number of hydrogen-bond acceptors (Lipinski definition) is 4. The van der Waals surface area contributed by atoms with Gasteiger partial charge in [0.2, 0.25) is 0 Å². The predicted molar refractivity (Wildman–Crippen MR) is 62.6 cm³/mol. The predicted octanol–water partition coefficient (Wildman–Crippen LogP) is 1.61. The molecule has 2 aromatic rings. The lowest BCUT2D eigenvalue weighted by atomic mass is 10.2. The lowest BCUT2D eigenvalue weighted by Crippen LogP contribution is -1.99.